The van der Waals surface area contributed by atoms with E-state index in [-0.39, 0.29) is 5.41 Å². The molecule has 0 unspecified atom stereocenters. The summed E-state index contributed by atoms with van der Waals surface area (Å²) in [7, 11) is 0. The van der Waals surface area contributed by atoms with Gasteiger partial charge in [0, 0.05) is 22.1 Å². The summed E-state index contributed by atoms with van der Waals surface area (Å²) in [6.45, 7) is 4.65. The van der Waals surface area contributed by atoms with Gasteiger partial charge in [-0.05, 0) is 118 Å². The molecular weight excluding hydrogens is 871 g/mol. The summed E-state index contributed by atoms with van der Waals surface area (Å²) in [4.78, 5) is 16.4. The van der Waals surface area contributed by atoms with Gasteiger partial charge in [-0.3, -0.25) is 0 Å². The maximum Gasteiger partial charge on any atom is 0.164 e. The van der Waals surface area contributed by atoms with Crippen molar-refractivity contribution in [3.05, 3.63) is 282 Å². The summed E-state index contributed by atoms with van der Waals surface area (Å²) < 4.78 is 0. The van der Waals surface area contributed by atoms with E-state index in [9.17, 15) is 0 Å². The number of rotatable bonds is 7. The van der Waals surface area contributed by atoms with Crippen LogP contribution in [0.5, 0.6) is 0 Å². The average Bonchev–Trinajstić information content (AvgIpc) is 3.89. The lowest BCUT2D eigenvalue weighted by Crippen LogP contribution is -2.28. The highest BCUT2D eigenvalue weighted by atomic mass is 15.0. The molecule has 0 spiro atoms. The third kappa shape index (κ3) is 6.20. The molecule has 3 nitrogen and oxygen atoms in total. The van der Waals surface area contributed by atoms with E-state index < -0.39 is 5.41 Å². The second-order valence-corrected chi connectivity index (χ2v) is 19.8. The van der Waals surface area contributed by atoms with Gasteiger partial charge >= 0.3 is 0 Å². The first-order valence-corrected chi connectivity index (χ1v) is 24.9. The van der Waals surface area contributed by atoms with Gasteiger partial charge in [0.25, 0.3) is 0 Å². The molecular formula is C69H47N3. The Hall–Kier alpha value is -9.05. The molecule has 0 bridgehead atoms. The first kappa shape index (κ1) is 41.9. The number of nitrogens with zero attached hydrogens (tertiary/aromatic N) is 3. The quantitative estimate of drug-likeness (QED) is 0.160. The Morgan fingerprint density at radius 1 is 0.264 bits per heavy atom. The maximum absolute atomic E-state index is 5.49. The molecule has 0 atom stereocenters. The van der Waals surface area contributed by atoms with Crippen molar-refractivity contribution in [2.24, 2.45) is 0 Å². The summed E-state index contributed by atoms with van der Waals surface area (Å²) in [6.07, 6.45) is 0. The smallest absolute Gasteiger partial charge is 0.164 e. The van der Waals surface area contributed by atoms with E-state index in [1.54, 1.807) is 0 Å². The van der Waals surface area contributed by atoms with Crippen molar-refractivity contribution >= 4 is 21.5 Å². The summed E-state index contributed by atoms with van der Waals surface area (Å²) in [5, 5.41) is 4.45. The van der Waals surface area contributed by atoms with Crippen LogP contribution in [-0.2, 0) is 10.8 Å². The average molecular weight is 918 g/mol. The van der Waals surface area contributed by atoms with E-state index in [1.807, 2.05) is 0 Å². The zero-order chi connectivity index (χ0) is 48.0. The van der Waals surface area contributed by atoms with Crippen molar-refractivity contribution in [3.8, 4) is 78.7 Å². The van der Waals surface area contributed by atoms with Crippen molar-refractivity contribution in [2.75, 3.05) is 0 Å². The number of fused-ring (bicyclic) bond motifs is 8. The highest BCUT2D eigenvalue weighted by molar-refractivity contribution is 6.09. The lowest BCUT2D eigenvalue weighted by Gasteiger charge is -2.34. The monoisotopic (exact) mass is 917 g/mol. The van der Waals surface area contributed by atoms with Gasteiger partial charge in [0.1, 0.15) is 0 Å². The van der Waals surface area contributed by atoms with Gasteiger partial charge in [-0.15, -0.1) is 0 Å². The van der Waals surface area contributed by atoms with Crippen LogP contribution in [0.4, 0.5) is 0 Å². The van der Waals surface area contributed by atoms with E-state index in [0.717, 1.165) is 43.8 Å². The molecule has 0 radical (unpaired) electrons. The van der Waals surface area contributed by atoms with Crippen LogP contribution in [0.2, 0.25) is 0 Å². The largest absolute Gasteiger partial charge is 0.208 e. The lowest BCUT2D eigenvalue weighted by atomic mass is 9.67. The molecule has 72 heavy (non-hydrogen) atoms. The normalized spacial score (nSPS) is 13.6. The van der Waals surface area contributed by atoms with Crippen molar-refractivity contribution in [3.63, 3.8) is 0 Å². The zero-order valence-corrected chi connectivity index (χ0v) is 40.0. The molecule has 14 rings (SSSR count). The summed E-state index contributed by atoms with van der Waals surface area (Å²) in [6, 6.07) is 90.5. The summed E-state index contributed by atoms with van der Waals surface area (Å²) in [5.74, 6) is 1.91. The van der Waals surface area contributed by atoms with Crippen molar-refractivity contribution in [1.29, 1.82) is 0 Å². The predicted molar refractivity (Wildman–Crippen MR) is 297 cm³/mol. The Balaban J connectivity index is 0.988. The molecule has 11 aromatic carbocycles. The maximum atomic E-state index is 5.49. The van der Waals surface area contributed by atoms with Gasteiger partial charge in [0.05, 0.1) is 5.41 Å². The Bertz CT molecular complexity index is 4080. The minimum Gasteiger partial charge on any atom is -0.208 e. The van der Waals surface area contributed by atoms with Gasteiger partial charge < -0.3 is 0 Å². The molecule has 1 heterocycles. The topological polar surface area (TPSA) is 38.7 Å². The Morgan fingerprint density at radius 3 is 1.33 bits per heavy atom. The Morgan fingerprint density at radius 2 is 0.694 bits per heavy atom. The fourth-order valence-electron chi connectivity index (χ4n) is 12.4. The lowest BCUT2D eigenvalue weighted by molar-refractivity contribution is 0.660. The molecule has 12 aromatic rings. The highest BCUT2D eigenvalue weighted by Gasteiger charge is 2.47. The second-order valence-electron chi connectivity index (χ2n) is 19.8. The van der Waals surface area contributed by atoms with E-state index >= 15 is 0 Å². The van der Waals surface area contributed by atoms with Gasteiger partial charge in [0.15, 0.2) is 17.5 Å². The van der Waals surface area contributed by atoms with E-state index in [4.69, 9.17) is 15.0 Å². The van der Waals surface area contributed by atoms with Crippen LogP contribution in [-0.4, -0.2) is 15.0 Å². The molecule has 2 aliphatic rings. The first-order chi connectivity index (χ1) is 35.5. The Labute approximate surface area is 419 Å². The van der Waals surface area contributed by atoms with Crippen LogP contribution in [0.25, 0.3) is 100 Å². The number of benzene rings is 11. The van der Waals surface area contributed by atoms with E-state index in [1.165, 1.54) is 72.3 Å². The molecule has 0 saturated heterocycles. The number of aromatic nitrogens is 3. The summed E-state index contributed by atoms with van der Waals surface area (Å²) in [5.41, 5.74) is 19.6. The first-order valence-electron chi connectivity index (χ1n) is 24.9. The molecule has 2 aliphatic carbocycles. The summed E-state index contributed by atoms with van der Waals surface area (Å²) >= 11 is 0. The number of hydrogen-bond acceptors (Lipinski definition) is 3. The molecule has 1 aromatic heterocycles. The van der Waals surface area contributed by atoms with Crippen LogP contribution < -0.4 is 0 Å². The van der Waals surface area contributed by atoms with E-state index in [2.05, 4.69) is 263 Å². The molecule has 0 aliphatic heterocycles. The third-order valence-electron chi connectivity index (χ3n) is 15.7. The molecule has 0 saturated carbocycles. The van der Waals surface area contributed by atoms with Crippen LogP contribution in [0.1, 0.15) is 47.2 Å². The van der Waals surface area contributed by atoms with Crippen molar-refractivity contribution < 1.29 is 0 Å². The van der Waals surface area contributed by atoms with Crippen LogP contribution in [0.3, 0.4) is 0 Å². The van der Waals surface area contributed by atoms with Gasteiger partial charge in [-0.1, -0.05) is 244 Å². The Kier molecular flexibility index (Phi) is 9.46. The van der Waals surface area contributed by atoms with Crippen LogP contribution >= 0.6 is 0 Å². The molecule has 0 amide bonds. The van der Waals surface area contributed by atoms with Gasteiger partial charge in [0.2, 0.25) is 0 Å². The van der Waals surface area contributed by atoms with Gasteiger partial charge in [-0.2, -0.15) is 0 Å². The van der Waals surface area contributed by atoms with Crippen molar-refractivity contribution in [2.45, 2.75) is 24.7 Å². The fourth-order valence-corrected chi connectivity index (χ4v) is 12.4. The minimum atomic E-state index is -0.503. The minimum absolute atomic E-state index is 0.184. The van der Waals surface area contributed by atoms with Gasteiger partial charge in [-0.25, -0.2) is 15.0 Å². The van der Waals surface area contributed by atoms with Crippen molar-refractivity contribution in [1.82, 2.24) is 15.0 Å². The van der Waals surface area contributed by atoms with Crippen LogP contribution in [0.15, 0.2) is 249 Å². The molecule has 3 heteroatoms. The van der Waals surface area contributed by atoms with Crippen LogP contribution in [0, 0.1) is 0 Å². The predicted octanol–water partition coefficient (Wildman–Crippen LogP) is 17.2. The molecule has 0 N–H and O–H groups in total. The zero-order valence-electron chi connectivity index (χ0n) is 40.0. The standard InChI is InChI=1S/C69H47N3/c1-68(2)60-34-18-16-31-54(60)55-38-37-45(43-63(55)68)65-70-66(57-41-39-48(44-21-6-3-7-22-44)49-27-12-14-29-51(49)57)72-67(71-65)58-42-40-53(50-28-13-15-30-52(50)58)56-33-20-36-62-64(56)59-32-17-19-35-61(59)69(62,46-23-8-4-9-24-46)47-25-10-5-11-26-47/h3-43H,1-2H3. The SMILES string of the molecule is CC1(C)c2ccccc2-c2ccc(-c3nc(-c4ccc(-c5ccccc5)c5ccccc45)nc(-c4ccc(-c5cccc6c5-c5ccccc5C6(c5ccccc5)c5ccccc5)c5ccccc45)n3)cc21. The molecule has 0 fully saturated rings. The fraction of sp³-hybridized carbons (Fsp3) is 0.0580. The third-order valence-corrected chi connectivity index (χ3v) is 15.7. The molecule has 338 valence electrons. The highest BCUT2D eigenvalue weighted by Crippen LogP contribution is 2.59. The second kappa shape index (κ2) is 16.3. The number of hydrogen-bond donors (Lipinski definition) is 0. The van der Waals surface area contributed by atoms with E-state index in [0.29, 0.717) is 17.5 Å².